The van der Waals surface area contributed by atoms with Crippen molar-refractivity contribution in [1.29, 1.82) is 0 Å². The first-order valence-electron chi connectivity index (χ1n) is 6.45. The van der Waals surface area contributed by atoms with Crippen molar-refractivity contribution in [2.24, 2.45) is 0 Å². The molecule has 0 saturated carbocycles. The van der Waals surface area contributed by atoms with Gasteiger partial charge >= 0.3 is 0 Å². The van der Waals surface area contributed by atoms with Gasteiger partial charge in [-0.3, -0.25) is 0 Å². The molecule has 0 atom stereocenters. The number of hydrogen-bond acceptors (Lipinski definition) is 4. The first-order valence-corrected chi connectivity index (χ1v) is 6.45. The minimum Gasteiger partial charge on any atom is -0.454 e. The summed E-state index contributed by atoms with van der Waals surface area (Å²) >= 11 is 0. The number of fused-ring (bicyclic) bond motifs is 2. The van der Waals surface area contributed by atoms with Crippen LogP contribution in [0.1, 0.15) is 11.1 Å². The van der Waals surface area contributed by atoms with Crippen molar-refractivity contribution in [2.75, 3.05) is 13.6 Å². The van der Waals surface area contributed by atoms with Crippen LogP contribution in [0.3, 0.4) is 0 Å². The fourth-order valence-corrected chi connectivity index (χ4v) is 2.01. The lowest BCUT2D eigenvalue weighted by Gasteiger charge is -2.19. The molecule has 2 aromatic carbocycles. The molecule has 20 heavy (non-hydrogen) atoms. The summed E-state index contributed by atoms with van der Waals surface area (Å²) in [6.07, 6.45) is 0. The van der Waals surface area contributed by atoms with E-state index in [0.29, 0.717) is 23.0 Å². The van der Waals surface area contributed by atoms with Crippen molar-refractivity contribution >= 4 is 0 Å². The van der Waals surface area contributed by atoms with E-state index in [4.69, 9.17) is 18.9 Å². The highest BCUT2D eigenvalue weighted by Gasteiger charge is 2.11. The maximum Gasteiger partial charge on any atom is 0.231 e. The number of benzene rings is 2. The van der Waals surface area contributed by atoms with Crippen molar-refractivity contribution in [2.45, 2.75) is 13.8 Å². The summed E-state index contributed by atoms with van der Waals surface area (Å²) in [6, 6.07) is 11.5. The Labute approximate surface area is 117 Å². The molecule has 4 nitrogen and oxygen atoms in total. The number of aryl methyl sites for hydroxylation is 2. The predicted octanol–water partition coefficient (Wildman–Crippen LogP) is 3.45. The van der Waals surface area contributed by atoms with E-state index in [1.54, 1.807) is 0 Å². The molecule has 104 valence electrons. The molecule has 0 aliphatic carbocycles. The molecule has 0 unspecified atom stereocenters. The van der Waals surface area contributed by atoms with Gasteiger partial charge in [-0.2, -0.15) is 0 Å². The average Bonchev–Trinajstić information content (AvgIpc) is 2.43. The third-order valence-corrected chi connectivity index (χ3v) is 3.06. The molecule has 0 amide bonds. The molecule has 1 aliphatic heterocycles. The van der Waals surface area contributed by atoms with E-state index in [1.165, 1.54) is 0 Å². The fourth-order valence-electron chi connectivity index (χ4n) is 2.01. The van der Waals surface area contributed by atoms with Gasteiger partial charge in [0.05, 0.1) is 0 Å². The van der Waals surface area contributed by atoms with Crippen LogP contribution in [0.15, 0.2) is 36.4 Å². The summed E-state index contributed by atoms with van der Waals surface area (Å²) in [5, 5.41) is 0. The summed E-state index contributed by atoms with van der Waals surface area (Å²) in [5.41, 5.74) is 2.20. The highest BCUT2D eigenvalue weighted by molar-refractivity contribution is 5.44. The molecule has 1 aliphatic rings. The second-order valence-electron chi connectivity index (χ2n) is 4.71. The Morgan fingerprint density at radius 1 is 0.600 bits per heavy atom. The average molecular weight is 272 g/mol. The van der Waals surface area contributed by atoms with Crippen LogP contribution in [0.2, 0.25) is 0 Å². The van der Waals surface area contributed by atoms with E-state index >= 15 is 0 Å². The minimum atomic E-state index is 0.110. The van der Waals surface area contributed by atoms with E-state index in [2.05, 4.69) is 0 Å². The first kappa shape index (κ1) is 12.7. The van der Waals surface area contributed by atoms with Crippen molar-refractivity contribution in [1.82, 2.24) is 0 Å². The van der Waals surface area contributed by atoms with Crippen LogP contribution in [0.25, 0.3) is 0 Å². The Kier molecular flexibility index (Phi) is 3.37. The smallest absolute Gasteiger partial charge is 0.231 e. The molecular weight excluding hydrogens is 256 g/mol. The molecule has 0 N–H and O–H groups in total. The summed E-state index contributed by atoms with van der Waals surface area (Å²) in [6.45, 7) is 4.22. The number of hydrogen-bond donors (Lipinski definition) is 0. The van der Waals surface area contributed by atoms with Gasteiger partial charge in [-0.15, -0.1) is 0 Å². The molecular formula is C16H16O4. The highest BCUT2D eigenvalue weighted by atomic mass is 16.7. The van der Waals surface area contributed by atoms with Gasteiger partial charge in [0.1, 0.15) is 0 Å². The fraction of sp³-hybridized carbons (Fsp3) is 0.250. The Balaban J connectivity index is 1.86. The third kappa shape index (κ3) is 2.64. The van der Waals surface area contributed by atoms with Gasteiger partial charge in [0, 0.05) is 0 Å². The van der Waals surface area contributed by atoms with Crippen LogP contribution in [-0.2, 0) is 0 Å². The monoisotopic (exact) mass is 272 g/mol. The van der Waals surface area contributed by atoms with Gasteiger partial charge in [-0.25, -0.2) is 0 Å². The molecule has 0 saturated heterocycles. The standard InChI is InChI=1S/C16H16O4/c1-11-3-5-13-15(7-11)19-10-20-16-8-12(2)4-6-14(16)18-9-17-13/h3-8H,9-10H2,1-2H3. The van der Waals surface area contributed by atoms with E-state index in [0.717, 1.165) is 11.1 Å². The topological polar surface area (TPSA) is 36.9 Å². The molecule has 0 fully saturated rings. The van der Waals surface area contributed by atoms with E-state index in [1.807, 2.05) is 50.2 Å². The Morgan fingerprint density at radius 2 is 1.00 bits per heavy atom. The molecule has 4 heteroatoms. The second-order valence-corrected chi connectivity index (χ2v) is 4.71. The highest BCUT2D eigenvalue weighted by Crippen LogP contribution is 2.32. The molecule has 0 aromatic heterocycles. The second kappa shape index (κ2) is 5.33. The van der Waals surface area contributed by atoms with Crippen LogP contribution in [-0.4, -0.2) is 13.6 Å². The van der Waals surface area contributed by atoms with Gasteiger partial charge in [0.25, 0.3) is 0 Å². The van der Waals surface area contributed by atoms with Gasteiger partial charge in [0.15, 0.2) is 23.0 Å². The molecule has 2 aromatic rings. The largest absolute Gasteiger partial charge is 0.454 e. The third-order valence-electron chi connectivity index (χ3n) is 3.06. The SMILES string of the molecule is Cc1ccc2c(c1)OCOc1cc(C)ccc1OCO2. The lowest BCUT2D eigenvalue weighted by Crippen LogP contribution is -2.13. The zero-order valence-corrected chi connectivity index (χ0v) is 11.5. The normalized spacial score (nSPS) is 13.7. The zero-order valence-electron chi connectivity index (χ0n) is 11.5. The van der Waals surface area contributed by atoms with Gasteiger partial charge in [-0.05, 0) is 49.2 Å². The van der Waals surface area contributed by atoms with Crippen LogP contribution >= 0.6 is 0 Å². The summed E-state index contributed by atoms with van der Waals surface area (Å²) in [5.74, 6) is 2.61. The summed E-state index contributed by atoms with van der Waals surface area (Å²) < 4.78 is 22.5. The van der Waals surface area contributed by atoms with E-state index < -0.39 is 0 Å². The Morgan fingerprint density at radius 3 is 1.45 bits per heavy atom. The molecule has 0 radical (unpaired) electrons. The van der Waals surface area contributed by atoms with E-state index in [9.17, 15) is 0 Å². The zero-order chi connectivity index (χ0) is 13.9. The summed E-state index contributed by atoms with van der Waals surface area (Å²) in [4.78, 5) is 0. The molecule has 3 rings (SSSR count). The molecule has 0 spiro atoms. The minimum absolute atomic E-state index is 0.110. The van der Waals surface area contributed by atoms with Crippen molar-refractivity contribution in [3.8, 4) is 23.0 Å². The Hall–Kier alpha value is -2.36. The molecule has 1 heterocycles. The lowest BCUT2D eigenvalue weighted by molar-refractivity contribution is 0.0722. The summed E-state index contributed by atoms with van der Waals surface area (Å²) in [7, 11) is 0. The van der Waals surface area contributed by atoms with Gasteiger partial charge in [-0.1, -0.05) is 12.1 Å². The number of rotatable bonds is 0. The maximum absolute atomic E-state index is 5.64. The van der Waals surface area contributed by atoms with Crippen molar-refractivity contribution in [3.05, 3.63) is 47.5 Å². The van der Waals surface area contributed by atoms with Crippen LogP contribution in [0.5, 0.6) is 23.0 Å². The van der Waals surface area contributed by atoms with Crippen LogP contribution in [0.4, 0.5) is 0 Å². The van der Waals surface area contributed by atoms with Gasteiger partial charge in [0.2, 0.25) is 13.6 Å². The van der Waals surface area contributed by atoms with Crippen molar-refractivity contribution in [3.63, 3.8) is 0 Å². The van der Waals surface area contributed by atoms with Crippen molar-refractivity contribution < 1.29 is 18.9 Å². The first-order chi connectivity index (χ1) is 9.72. The predicted molar refractivity (Wildman–Crippen MR) is 74.6 cm³/mol. The number of ether oxygens (including phenoxy) is 4. The van der Waals surface area contributed by atoms with Crippen LogP contribution in [0, 0.1) is 13.8 Å². The quantitative estimate of drug-likeness (QED) is 0.736. The molecule has 0 bridgehead atoms. The van der Waals surface area contributed by atoms with E-state index in [-0.39, 0.29) is 13.6 Å². The lowest BCUT2D eigenvalue weighted by atomic mass is 10.2. The maximum atomic E-state index is 5.64. The van der Waals surface area contributed by atoms with Crippen LogP contribution < -0.4 is 18.9 Å². The Bertz CT molecular complexity index is 568. The van der Waals surface area contributed by atoms with Gasteiger partial charge < -0.3 is 18.9 Å².